The Kier molecular flexibility index (Phi) is 38.5. The van der Waals surface area contributed by atoms with Gasteiger partial charge in [0.25, 0.3) is 0 Å². The molecule has 0 aromatic rings. The van der Waals surface area contributed by atoms with Crippen LogP contribution >= 0.6 is 11.8 Å². The molecular weight excluding hydrogens is 576 g/mol. The molecule has 0 aliphatic rings. The monoisotopic (exact) mass is 622 g/mol. The van der Waals surface area contributed by atoms with Gasteiger partial charge in [-0.05, 0) is 44.2 Å². The number of aliphatic hydroxyl groups is 1. The van der Waals surface area contributed by atoms with Crippen LogP contribution in [0.5, 0.6) is 0 Å². The van der Waals surface area contributed by atoms with Crippen molar-refractivity contribution in [2.24, 2.45) is 34.4 Å². The number of aliphatic carboxylic acids is 6. The highest BCUT2D eigenvalue weighted by Crippen LogP contribution is 1.98. The third-order valence-corrected chi connectivity index (χ3v) is 4.56. The topological polar surface area (TPSA) is 400 Å². The third-order valence-electron chi connectivity index (χ3n) is 3.91. The summed E-state index contributed by atoms with van der Waals surface area (Å²) in [6, 6.07) is -3.58. The van der Waals surface area contributed by atoms with E-state index in [9.17, 15) is 28.8 Å². The molecule has 0 saturated heterocycles. The molecule has 20 heteroatoms. The van der Waals surface area contributed by atoms with Crippen LogP contribution in [-0.2, 0) is 28.8 Å². The number of thioether (sulfide) groups is 1. The number of unbranched alkanes of at least 4 members (excludes halogenated alkanes) is 1. The molecule has 41 heavy (non-hydrogen) atoms. The Morgan fingerprint density at radius 3 is 1.22 bits per heavy atom. The molecule has 19 nitrogen and oxygen atoms in total. The number of carbonyl (C=O) groups is 6. The van der Waals surface area contributed by atoms with Gasteiger partial charge in [-0.1, -0.05) is 6.42 Å². The van der Waals surface area contributed by atoms with Crippen LogP contribution in [0.2, 0.25) is 0 Å². The molecule has 0 aromatic heterocycles. The molecule has 244 valence electrons. The van der Waals surface area contributed by atoms with E-state index in [0.717, 1.165) is 18.6 Å². The normalized spacial score (nSPS) is 12.3. The van der Waals surface area contributed by atoms with Crippen molar-refractivity contribution >= 4 is 47.6 Å². The molecule has 0 aliphatic carbocycles. The molecule has 0 bridgehead atoms. The highest BCUT2D eigenvalue weighted by Gasteiger charge is 2.12. The van der Waals surface area contributed by atoms with Crippen LogP contribution in [0.15, 0.2) is 0 Å². The first-order valence-electron chi connectivity index (χ1n) is 11.7. The van der Waals surface area contributed by atoms with Crippen molar-refractivity contribution in [2.75, 3.05) is 31.7 Å². The maximum Gasteiger partial charge on any atom is 0.322 e. The average Bonchev–Trinajstić information content (AvgIpc) is 2.90. The predicted octanol–water partition coefficient (Wildman–Crippen LogP) is -3.64. The molecule has 0 aliphatic heterocycles. The molecule has 0 rings (SSSR count). The van der Waals surface area contributed by atoms with Crippen LogP contribution < -0.4 is 34.4 Å². The molecule has 19 N–H and O–H groups in total. The summed E-state index contributed by atoms with van der Waals surface area (Å²) in [5, 5.41) is 56.4. The Bertz CT molecular complexity index is 734. The van der Waals surface area contributed by atoms with E-state index in [0.29, 0.717) is 19.4 Å². The lowest BCUT2D eigenvalue weighted by Gasteiger charge is -2.03. The molecular formula is C21H46N6O13S. The zero-order valence-electron chi connectivity index (χ0n) is 22.8. The van der Waals surface area contributed by atoms with Gasteiger partial charge in [-0.2, -0.15) is 11.8 Å². The lowest BCUT2D eigenvalue weighted by atomic mass is 10.1. The van der Waals surface area contributed by atoms with Gasteiger partial charge in [0.05, 0.1) is 13.2 Å². The van der Waals surface area contributed by atoms with Crippen LogP contribution in [0.4, 0.5) is 0 Å². The zero-order valence-corrected chi connectivity index (χ0v) is 23.6. The number of nitrogens with two attached hydrogens (primary N) is 6. The Morgan fingerprint density at radius 2 is 0.976 bits per heavy atom. The van der Waals surface area contributed by atoms with Gasteiger partial charge in [0.2, 0.25) is 0 Å². The van der Waals surface area contributed by atoms with Gasteiger partial charge in [-0.15, -0.1) is 0 Å². The number of hydrogen-bond donors (Lipinski definition) is 13. The Balaban J connectivity index is -0.000000134. The Morgan fingerprint density at radius 1 is 0.610 bits per heavy atom. The van der Waals surface area contributed by atoms with Gasteiger partial charge >= 0.3 is 35.8 Å². The van der Waals surface area contributed by atoms with Gasteiger partial charge in [0.15, 0.2) is 0 Å². The van der Waals surface area contributed by atoms with Crippen LogP contribution in [-0.4, -0.2) is 127 Å². The van der Waals surface area contributed by atoms with Crippen molar-refractivity contribution in [3.05, 3.63) is 0 Å². The summed E-state index contributed by atoms with van der Waals surface area (Å²) >= 11 is 1.60. The molecule has 0 heterocycles. The molecule has 4 atom stereocenters. The zero-order chi connectivity index (χ0) is 33.6. The molecule has 0 fully saturated rings. The second-order valence-corrected chi connectivity index (χ2v) is 8.54. The summed E-state index contributed by atoms with van der Waals surface area (Å²) in [5.41, 5.74) is 29.9. The van der Waals surface area contributed by atoms with Crippen molar-refractivity contribution in [3.63, 3.8) is 0 Å². The van der Waals surface area contributed by atoms with E-state index in [1.807, 2.05) is 6.26 Å². The summed E-state index contributed by atoms with van der Waals surface area (Å²) in [6.45, 7) is -0.179. The van der Waals surface area contributed by atoms with Crippen LogP contribution in [0.25, 0.3) is 0 Å². The van der Waals surface area contributed by atoms with E-state index in [1.165, 1.54) is 0 Å². The van der Waals surface area contributed by atoms with E-state index in [2.05, 4.69) is 5.73 Å². The maximum absolute atomic E-state index is 10.1. The van der Waals surface area contributed by atoms with E-state index >= 15 is 0 Å². The lowest BCUT2D eigenvalue weighted by molar-refractivity contribution is -0.141. The van der Waals surface area contributed by atoms with E-state index in [-0.39, 0.29) is 19.4 Å². The van der Waals surface area contributed by atoms with E-state index in [1.54, 1.807) is 11.8 Å². The van der Waals surface area contributed by atoms with Gasteiger partial charge in [0.1, 0.15) is 24.2 Å². The molecule has 0 spiro atoms. The number of carboxylic acids is 6. The minimum Gasteiger partial charge on any atom is -0.481 e. The fourth-order valence-electron chi connectivity index (χ4n) is 1.48. The first-order valence-corrected chi connectivity index (χ1v) is 13.1. The molecule has 0 radical (unpaired) electrons. The number of hydrogen-bond acceptors (Lipinski definition) is 14. The average molecular weight is 623 g/mol. The molecule has 0 saturated carbocycles. The summed E-state index contributed by atoms with van der Waals surface area (Å²) in [7, 11) is 0. The van der Waals surface area contributed by atoms with E-state index in [4.69, 9.17) is 64.4 Å². The van der Waals surface area contributed by atoms with Gasteiger partial charge in [-0.25, -0.2) is 0 Å². The summed E-state index contributed by atoms with van der Waals surface area (Å²) in [6.07, 6.45) is 4.42. The maximum atomic E-state index is 10.1. The third kappa shape index (κ3) is 47.1. The second-order valence-electron chi connectivity index (χ2n) is 7.56. The molecule has 4 unspecified atom stereocenters. The smallest absolute Gasteiger partial charge is 0.322 e. The highest BCUT2D eigenvalue weighted by molar-refractivity contribution is 7.98. The quantitative estimate of drug-likeness (QED) is 0.0737. The first kappa shape index (κ1) is 47.7. The minimum absolute atomic E-state index is 0.0231. The Labute approximate surface area is 241 Å². The summed E-state index contributed by atoms with van der Waals surface area (Å²) in [4.78, 5) is 59.0. The van der Waals surface area contributed by atoms with Gasteiger partial charge in [-0.3, -0.25) is 28.8 Å². The van der Waals surface area contributed by atoms with Crippen molar-refractivity contribution < 1.29 is 64.5 Å². The largest absolute Gasteiger partial charge is 0.481 e. The van der Waals surface area contributed by atoms with Crippen molar-refractivity contribution in [2.45, 2.75) is 62.7 Å². The minimum atomic E-state index is -1.18. The number of rotatable bonds is 16. The molecule has 0 aromatic carbocycles. The fourth-order valence-corrected chi connectivity index (χ4v) is 1.97. The summed E-state index contributed by atoms with van der Waals surface area (Å²) in [5.74, 6) is -5.38. The number of carboxylic acid groups (broad SMARTS) is 6. The van der Waals surface area contributed by atoms with Gasteiger partial charge < -0.3 is 70.1 Å². The predicted molar refractivity (Wildman–Crippen MR) is 149 cm³/mol. The van der Waals surface area contributed by atoms with Crippen molar-refractivity contribution in [3.8, 4) is 0 Å². The Hall–Kier alpha value is -3.11. The van der Waals surface area contributed by atoms with Crippen LogP contribution in [0.1, 0.15) is 38.5 Å². The SMILES string of the molecule is CSCCC(N)C(=O)O.NC(CCC(=O)O)C(=O)O.NC(CO)C(=O)O.NCC(=O)O.NCCCCC(N)C(=O)O. The molecule has 0 amide bonds. The van der Waals surface area contributed by atoms with Gasteiger partial charge in [0, 0.05) is 6.42 Å². The van der Waals surface area contributed by atoms with E-state index < -0.39 is 66.6 Å². The second kappa shape index (κ2) is 33.1. The highest BCUT2D eigenvalue weighted by atomic mass is 32.2. The standard InChI is InChI=1S/C6H14N2O2.C5H9NO4.C5H11NO2S.C3H7NO3.C2H5NO2/c7-4-2-1-3-5(8)6(9)10;6-3(5(9)10)1-2-4(7)8;1-9-3-2-4(6)5(7)8;4-2(1-5)3(6)7;3-1-2(4)5/h5H,1-4,7-8H2,(H,9,10);3H,1-2,6H2,(H,7,8)(H,9,10);4H,2-3,6H2,1H3,(H,7,8);2,5H,1,4H2,(H,6,7);1,3H2,(H,4,5). The van der Waals surface area contributed by atoms with Crippen LogP contribution in [0.3, 0.4) is 0 Å². The first-order chi connectivity index (χ1) is 18.8. The van der Waals surface area contributed by atoms with Crippen molar-refractivity contribution in [1.82, 2.24) is 0 Å². The fraction of sp³-hybridized carbons (Fsp3) is 0.714. The summed E-state index contributed by atoms with van der Waals surface area (Å²) < 4.78 is 0. The lowest BCUT2D eigenvalue weighted by Crippen LogP contribution is -2.33. The van der Waals surface area contributed by atoms with Crippen molar-refractivity contribution in [1.29, 1.82) is 0 Å². The number of aliphatic hydroxyl groups excluding tert-OH is 1. The van der Waals surface area contributed by atoms with Crippen LogP contribution in [0, 0.1) is 0 Å².